The Hall–Kier alpha value is -2.43. The van der Waals surface area contributed by atoms with Crippen molar-refractivity contribution in [3.05, 3.63) is 53.5 Å². The van der Waals surface area contributed by atoms with Crippen LogP contribution < -0.4 is 10.6 Å². The number of benzene rings is 1. The topological polar surface area (TPSA) is 66.9 Å². The van der Waals surface area contributed by atoms with Gasteiger partial charge < -0.3 is 10.6 Å². The minimum Gasteiger partial charge on any atom is -0.369 e. The molecular weight excluding hydrogens is 288 g/mol. The van der Waals surface area contributed by atoms with Gasteiger partial charge in [-0.15, -0.1) is 0 Å². The van der Waals surface area contributed by atoms with Crippen molar-refractivity contribution in [2.45, 2.75) is 39.7 Å². The number of rotatable bonds is 8. The van der Waals surface area contributed by atoms with Crippen LogP contribution in [0.25, 0.3) is 0 Å². The van der Waals surface area contributed by atoms with E-state index in [2.05, 4.69) is 27.5 Å². The fourth-order valence-corrected chi connectivity index (χ4v) is 2.20. The summed E-state index contributed by atoms with van der Waals surface area (Å²) in [6.07, 6.45) is 6.61. The number of anilines is 1. The van der Waals surface area contributed by atoms with E-state index in [9.17, 15) is 4.79 Å². The molecule has 1 aromatic heterocycles. The Kier molecular flexibility index (Phi) is 6.54. The van der Waals surface area contributed by atoms with Gasteiger partial charge in [0, 0.05) is 13.1 Å². The third-order valence-electron chi connectivity index (χ3n) is 3.67. The second kappa shape index (κ2) is 8.88. The van der Waals surface area contributed by atoms with Crippen LogP contribution >= 0.6 is 0 Å². The average molecular weight is 312 g/mol. The average Bonchev–Trinajstić information content (AvgIpc) is 2.58. The van der Waals surface area contributed by atoms with Gasteiger partial charge in [0.25, 0.3) is 5.91 Å². The molecule has 0 radical (unpaired) electrons. The number of hydrogen-bond acceptors (Lipinski definition) is 4. The van der Waals surface area contributed by atoms with Gasteiger partial charge in [0.2, 0.25) is 0 Å². The molecule has 1 heterocycles. The third kappa shape index (κ3) is 5.36. The second-order valence-corrected chi connectivity index (χ2v) is 5.53. The minimum atomic E-state index is -0.210. The maximum atomic E-state index is 12.1. The van der Waals surface area contributed by atoms with Crippen LogP contribution in [-0.4, -0.2) is 22.4 Å². The molecular formula is C18H24N4O. The van der Waals surface area contributed by atoms with E-state index < -0.39 is 0 Å². The summed E-state index contributed by atoms with van der Waals surface area (Å²) in [5, 5.41) is 6.08. The molecule has 23 heavy (non-hydrogen) atoms. The minimum absolute atomic E-state index is 0.210. The molecule has 0 bridgehead atoms. The summed E-state index contributed by atoms with van der Waals surface area (Å²) in [7, 11) is 0. The van der Waals surface area contributed by atoms with Gasteiger partial charge >= 0.3 is 0 Å². The Balaban J connectivity index is 1.84. The van der Waals surface area contributed by atoms with E-state index in [1.54, 1.807) is 6.20 Å². The van der Waals surface area contributed by atoms with Crippen molar-refractivity contribution in [2.75, 3.05) is 11.9 Å². The Morgan fingerprint density at radius 1 is 1.13 bits per heavy atom. The number of aryl methyl sites for hydroxylation is 1. The molecule has 1 amide bonds. The molecule has 0 atom stereocenters. The summed E-state index contributed by atoms with van der Waals surface area (Å²) in [5.74, 6) is 0.495. The Labute approximate surface area is 137 Å². The van der Waals surface area contributed by atoms with Crippen molar-refractivity contribution in [1.82, 2.24) is 15.3 Å². The van der Waals surface area contributed by atoms with Gasteiger partial charge in [0.15, 0.2) is 0 Å². The number of nitrogens with zero attached hydrogens (tertiary/aromatic N) is 2. The van der Waals surface area contributed by atoms with Crippen LogP contribution in [0.4, 0.5) is 5.82 Å². The van der Waals surface area contributed by atoms with Crippen molar-refractivity contribution in [1.29, 1.82) is 0 Å². The lowest BCUT2D eigenvalue weighted by molar-refractivity contribution is 0.0945. The predicted octanol–water partition coefficient (Wildman–Crippen LogP) is 3.32. The van der Waals surface area contributed by atoms with Gasteiger partial charge in [-0.2, -0.15) is 0 Å². The van der Waals surface area contributed by atoms with E-state index in [4.69, 9.17) is 0 Å². The zero-order valence-electron chi connectivity index (χ0n) is 13.8. The van der Waals surface area contributed by atoms with E-state index >= 15 is 0 Å². The lowest BCUT2D eigenvalue weighted by atomic mass is 10.1. The fourth-order valence-electron chi connectivity index (χ4n) is 2.20. The largest absolute Gasteiger partial charge is 0.369 e. The van der Waals surface area contributed by atoms with Gasteiger partial charge in [0.1, 0.15) is 11.5 Å². The molecule has 2 aromatic rings. The quantitative estimate of drug-likeness (QED) is 0.734. The van der Waals surface area contributed by atoms with Gasteiger partial charge in [-0.25, -0.2) is 9.97 Å². The normalized spacial score (nSPS) is 10.3. The number of unbranched alkanes of at least 4 members (excludes halogenated alkanes) is 2. The fraction of sp³-hybridized carbons (Fsp3) is 0.389. The first-order chi connectivity index (χ1) is 11.2. The number of nitrogens with one attached hydrogen (secondary N) is 2. The van der Waals surface area contributed by atoms with Crippen molar-refractivity contribution < 1.29 is 4.79 Å². The highest BCUT2D eigenvalue weighted by Crippen LogP contribution is 2.07. The highest BCUT2D eigenvalue weighted by molar-refractivity contribution is 5.91. The van der Waals surface area contributed by atoms with Crippen LogP contribution in [0, 0.1) is 6.92 Å². The molecule has 0 fully saturated rings. The lowest BCUT2D eigenvalue weighted by Gasteiger charge is -2.08. The summed E-state index contributed by atoms with van der Waals surface area (Å²) in [6, 6.07) is 7.98. The standard InChI is InChI=1S/C18H24N4O/c1-3-4-7-10-19-17-13-20-16(12-21-17)18(23)22-11-15-9-6-5-8-14(15)2/h5-6,8-9,12-13H,3-4,7,10-11H2,1-2H3,(H,19,21)(H,22,23). The molecule has 122 valence electrons. The number of amides is 1. The smallest absolute Gasteiger partial charge is 0.271 e. The molecule has 0 spiro atoms. The van der Waals surface area contributed by atoms with E-state index in [1.165, 1.54) is 19.0 Å². The molecule has 0 saturated heterocycles. The molecule has 5 nitrogen and oxygen atoms in total. The van der Waals surface area contributed by atoms with Gasteiger partial charge in [-0.05, 0) is 24.5 Å². The number of hydrogen-bond donors (Lipinski definition) is 2. The number of carbonyl (C=O) groups is 1. The van der Waals surface area contributed by atoms with Gasteiger partial charge in [-0.1, -0.05) is 44.0 Å². The predicted molar refractivity (Wildman–Crippen MR) is 92.4 cm³/mol. The molecule has 5 heteroatoms. The zero-order valence-corrected chi connectivity index (χ0v) is 13.8. The maximum Gasteiger partial charge on any atom is 0.271 e. The Morgan fingerprint density at radius 2 is 1.96 bits per heavy atom. The molecule has 2 N–H and O–H groups in total. The highest BCUT2D eigenvalue weighted by atomic mass is 16.1. The zero-order chi connectivity index (χ0) is 16.5. The van der Waals surface area contributed by atoms with Gasteiger partial charge in [0.05, 0.1) is 12.4 Å². The Bertz CT molecular complexity index is 625. The summed E-state index contributed by atoms with van der Waals surface area (Å²) in [4.78, 5) is 20.5. The monoisotopic (exact) mass is 312 g/mol. The first-order valence-electron chi connectivity index (χ1n) is 8.09. The summed E-state index contributed by atoms with van der Waals surface area (Å²) >= 11 is 0. The molecule has 0 saturated carbocycles. The summed E-state index contributed by atoms with van der Waals surface area (Å²) in [6.45, 7) is 5.57. The van der Waals surface area contributed by atoms with E-state index in [1.807, 2.05) is 31.2 Å². The molecule has 0 unspecified atom stereocenters. The van der Waals surface area contributed by atoms with Crippen molar-refractivity contribution in [3.8, 4) is 0 Å². The number of aromatic nitrogens is 2. The third-order valence-corrected chi connectivity index (χ3v) is 3.67. The van der Waals surface area contributed by atoms with Crippen molar-refractivity contribution in [2.24, 2.45) is 0 Å². The number of carbonyl (C=O) groups excluding carboxylic acids is 1. The van der Waals surface area contributed by atoms with Crippen molar-refractivity contribution in [3.63, 3.8) is 0 Å². The summed E-state index contributed by atoms with van der Waals surface area (Å²) in [5.41, 5.74) is 2.59. The SMILES string of the molecule is CCCCCNc1cnc(C(=O)NCc2ccccc2C)cn1. The molecule has 0 aliphatic heterocycles. The summed E-state index contributed by atoms with van der Waals surface area (Å²) < 4.78 is 0. The molecule has 1 aromatic carbocycles. The van der Waals surface area contributed by atoms with E-state index in [0.29, 0.717) is 18.1 Å². The van der Waals surface area contributed by atoms with Crippen LogP contribution in [0.15, 0.2) is 36.7 Å². The van der Waals surface area contributed by atoms with Crippen LogP contribution in [0.5, 0.6) is 0 Å². The molecule has 2 rings (SSSR count). The highest BCUT2D eigenvalue weighted by Gasteiger charge is 2.08. The van der Waals surface area contributed by atoms with Crippen LogP contribution in [0.1, 0.15) is 47.8 Å². The second-order valence-electron chi connectivity index (χ2n) is 5.53. The Morgan fingerprint density at radius 3 is 2.65 bits per heavy atom. The van der Waals surface area contributed by atoms with Crippen LogP contribution in [-0.2, 0) is 6.54 Å². The van der Waals surface area contributed by atoms with Crippen LogP contribution in [0.2, 0.25) is 0 Å². The lowest BCUT2D eigenvalue weighted by Crippen LogP contribution is -2.24. The van der Waals surface area contributed by atoms with E-state index in [-0.39, 0.29) is 5.91 Å². The van der Waals surface area contributed by atoms with Crippen LogP contribution in [0.3, 0.4) is 0 Å². The molecule has 0 aliphatic rings. The first-order valence-corrected chi connectivity index (χ1v) is 8.09. The maximum absolute atomic E-state index is 12.1. The van der Waals surface area contributed by atoms with Crippen molar-refractivity contribution >= 4 is 11.7 Å². The molecule has 0 aliphatic carbocycles. The van der Waals surface area contributed by atoms with E-state index in [0.717, 1.165) is 24.1 Å². The van der Waals surface area contributed by atoms with Gasteiger partial charge in [-0.3, -0.25) is 4.79 Å². The first kappa shape index (κ1) is 16.9.